The van der Waals surface area contributed by atoms with Gasteiger partial charge in [-0.3, -0.25) is 0 Å². The molecule has 0 bridgehead atoms. The molecule has 0 spiro atoms. The molecule has 0 radical (unpaired) electrons. The van der Waals surface area contributed by atoms with Crippen LogP contribution in [0.2, 0.25) is 0 Å². The van der Waals surface area contributed by atoms with Crippen molar-refractivity contribution in [1.29, 1.82) is 0 Å². The van der Waals surface area contributed by atoms with E-state index in [2.05, 4.69) is 21.3 Å². The summed E-state index contributed by atoms with van der Waals surface area (Å²) < 4.78 is 32.2. The number of rotatable bonds is 7. The lowest BCUT2D eigenvalue weighted by Crippen LogP contribution is -2.36. The minimum Gasteiger partial charge on any atom is -0.465 e. The fourth-order valence-electron chi connectivity index (χ4n) is 3.27. The summed E-state index contributed by atoms with van der Waals surface area (Å²) in [6, 6.07) is 4.47. The normalized spacial score (nSPS) is 18.9. The number of nitrogens with one attached hydrogen (secondary N) is 1. The molecule has 1 heterocycles. The molecule has 0 aromatic heterocycles. The van der Waals surface area contributed by atoms with Crippen LogP contribution >= 0.6 is 0 Å². The van der Waals surface area contributed by atoms with Gasteiger partial charge in [-0.1, -0.05) is 6.92 Å². The summed E-state index contributed by atoms with van der Waals surface area (Å²) in [5.74, 6) is 0.247. The van der Waals surface area contributed by atoms with Crippen molar-refractivity contribution in [1.82, 2.24) is 9.62 Å². The molecule has 1 aliphatic rings. The van der Waals surface area contributed by atoms with Gasteiger partial charge in [0.15, 0.2) is 0 Å². The van der Waals surface area contributed by atoms with Crippen molar-refractivity contribution in [2.45, 2.75) is 38.0 Å². The second kappa shape index (κ2) is 8.78. The van der Waals surface area contributed by atoms with Gasteiger partial charge in [0.05, 0.1) is 17.6 Å². The van der Waals surface area contributed by atoms with Crippen LogP contribution in [0.1, 0.15) is 42.1 Å². The standard InChI is InChI=1S/C18H28N2O4S/c1-14-6-4-10-20(13-14)11-5-9-19-25(22,23)17-8-7-16(12-15(17)2)18(21)24-3/h7-8,12,14,19H,4-6,9-11,13H2,1-3H3. The average molecular weight is 368 g/mol. The number of esters is 1. The average Bonchev–Trinajstić information content (AvgIpc) is 2.57. The number of hydrogen-bond acceptors (Lipinski definition) is 5. The highest BCUT2D eigenvalue weighted by Gasteiger charge is 2.19. The molecular weight excluding hydrogens is 340 g/mol. The van der Waals surface area contributed by atoms with E-state index in [9.17, 15) is 13.2 Å². The number of hydrogen-bond donors (Lipinski definition) is 1. The number of carbonyl (C=O) groups excluding carboxylic acids is 1. The third-order valence-corrected chi connectivity index (χ3v) is 6.19. The number of piperidine rings is 1. The van der Waals surface area contributed by atoms with Gasteiger partial charge in [-0.2, -0.15) is 0 Å². The fraction of sp³-hybridized carbons (Fsp3) is 0.611. The Labute approximate surface area is 150 Å². The smallest absolute Gasteiger partial charge is 0.337 e. The van der Waals surface area contributed by atoms with Crippen molar-refractivity contribution in [3.8, 4) is 0 Å². The Hall–Kier alpha value is -1.44. The summed E-state index contributed by atoms with van der Waals surface area (Å²) in [4.78, 5) is 14.1. The van der Waals surface area contributed by atoms with Gasteiger partial charge in [0.1, 0.15) is 0 Å². The quantitative estimate of drug-likeness (QED) is 0.590. The molecule has 1 aromatic carbocycles. The molecule has 25 heavy (non-hydrogen) atoms. The summed E-state index contributed by atoms with van der Waals surface area (Å²) >= 11 is 0. The Morgan fingerprint density at radius 1 is 1.40 bits per heavy atom. The molecule has 6 nitrogen and oxygen atoms in total. The van der Waals surface area contributed by atoms with Crippen LogP contribution in [0.4, 0.5) is 0 Å². The number of likely N-dealkylation sites (tertiary alicyclic amines) is 1. The van der Waals surface area contributed by atoms with E-state index in [0.29, 0.717) is 17.7 Å². The number of ether oxygens (including phenoxy) is 1. The topological polar surface area (TPSA) is 75.7 Å². The van der Waals surface area contributed by atoms with Crippen molar-refractivity contribution in [3.63, 3.8) is 0 Å². The molecule has 1 aliphatic heterocycles. The minimum atomic E-state index is -3.57. The molecule has 0 aliphatic carbocycles. The summed E-state index contributed by atoms with van der Waals surface area (Å²) in [5.41, 5.74) is 0.874. The largest absolute Gasteiger partial charge is 0.465 e. The highest BCUT2D eigenvalue weighted by Crippen LogP contribution is 2.18. The van der Waals surface area contributed by atoms with Crippen molar-refractivity contribution < 1.29 is 17.9 Å². The number of methoxy groups -OCH3 is 1. The van der Waals surface area contributed by atoms with Crippen LogP contribution in [0.15, 0.2) is 23.1 Å². The molecular formula is C18H28N2O4S. The molecule has 1 saturated heterocycles. The first-order valence-corrected chi connectivity index (χ1v) is 10.2. The van der Waals surface area contributed by atoms with Gasteiger partial charge in [0.25, 0.3) is 0 Å². The fourth-order valence-corrected chi connectivity index (χ4v) is 4.57. The van der Waals surface area contributed by atoms with Crippen LogP contribution in [0, 0.1) is 12.8 Å². The van der Waals surface area contributed by atoms with Crippen molar-refractivity contribution in [2.75, 3.05) is 33.3 Å². The minimum absolute atomic E-state index is 0.201. The molecule has 0 saturated carbocycles. The Morgan fingerprint density at radius 3 is 2.80 bits per heavy atom. The molecule has 0 amide bonds. The van der Waals surface area contributed by atoms with E-state index in [1.54, 1.807) is 6.92 Å². The van der Waals surface area contributed by atoms with E-state index in [0.717, 1.165) is 32.0 Å². The zero-order valence-corrected chi connectivity index (χ0v) is 16.1. The Kier molecular flexibility index (Phi) is 6.98. The van der Waals surface area contributed by atoms with E-state index in [4.69, 9.17) is 0 Å². The van der Waals surface area contributed by atoms with Gasteiger partial charge in [0.2, 0.25) is 10.0 Å². The monoisotopic (exact) mass is 368 g/mol. The lowest BCUT2D eigenvalue weighted by Gasteiger charge is -2.30. The van der Waals surface area contributed by atoms with Crippen LogP contribution in [0.25, 0.3) is 0 Å². The van der Waals surface area contributed by atoms with Gasteiger partial charge >= 0.3 is 5.97 Å². The zero-order chi connectivity index (χ0) is 18.4. The second-order valence-electron chi connectivity index (χ2n) is 6.77. The first-order chi connectivity index (χ1) is 11.8. The molecule has 1 fully saturated rings. The first kappa shape index (κ1) is 19.9. The lowest BCUT2D eigenvalue weighted by molar-refractivity contribution is 0.0600. The molecule has 140 valence electrons. The molecule has 7 heteroatoms. The number of benzene rings is 1. The number of sulfonamides is 1. The van der Waals surface area contributed by atoms with E-state index in [1.165, 1.54) is 38.2 Å². The molecule has 2 rings (SSSR count). The predicted molar refractivity (Wildman–Crippen MR) is 97.2 cm³/mol. The molecule has 1 aromatic rings. The van der Waals surface area contributed by atoms with Crippen LogP contribution in [0.5, 0.6) is 0 Å². The highest BCUT2D eigenvalue weighted by atomic mass is 32.2. The zero-order valence-electron chi connectivity index (χ0n) is 15.2. The van der Waals surface area contributed by atoms with E-state index < -0.39 is 16.0 Å². The predicted octanol–water partition coefficient (Wildman–Crippen LogP) is 2.18. The van der Waals surface area contributed by atoms with Crippen molar-refractivity contribution in [3.05, 3.63) is 29.3 Å². The third-order valence-electron chi connectivity index (χ3n) is 4.57. The highest BCUT2D eigenvalue weighted by molar-refractivity contribution is 7.89. The third kappa shape index (κ3) is 5.52. The summed E-state index contributed by atoms with van der Waals surface area (Å²) in [6.07, 6.45) is 3.29. The summed E-state index contributed by atoms with van der Waals surface area (Å²) in [7, 11) is -2.28. The second-order valence-corrected chi connectivity index (χ2v) is 8.51. The maximum atomic E-state index is 12.5. The van der Waals surface area contributed by atoms with Crippen LogP contribution < -0.4 is 4.72 Å². The van der Waals surface area contributed by atoms with E-state index in [1.807, 2.05) is 0 Å². The number of carbonyl (C=O) groups is 1. The van der Waals surface area contributed by atoms with Gasteiger partial charge in [-0.05, 0) is 69.0 Å². The molecule has 1 unspecified atom stereocenters. The Balaban J connectivity index is 1.89. The Morgan fingerprint density at radius 2 is 2.16 bits per heavy atom. The van der Waals surface area contributed by atoms with Crippen LogP contribution in [-0.4, -0.2) is 52.6 Å². The molecule has 1 atom stereocenters. The Bertz CT molecular complexity index is 703. The number of nitrogens with zero attached hydrogens (tertiary/aromatic N) is 1. The van der Waals surface area contributed by atoms with Crippen LogP contribution in [-0.2, 0) is 14.8 Å². The van der Waals surface area contributed by atoms with Crippen molar-refractivity contribution >= 4 is 16.0 Å². The van der Waals surface area contributed by atoms with Gasteiger partial charge in [0, 0.05) is 13.1 Å². The number of aryl methyl sites for hydroxylation is 1. The van der Waals surface area contributed by atoms with Gasteiger partial charge in [-0.25, -0.2) is 17.9 Å². The first-order valence-electron chi connectivity index (χ1n) is 8.74. The van der Waals surface area contributed by atoms with Gasteiger partial charge in [-0.15, -0.1) is 0 Å². The summed E-state index contributed by atoms with van der Waals surface area (Å²) in [5, 5.41) is 0. The maximum Gasteiger partial charge on any atom is 0.337 e. The molecule has 1 N–H and O–H groups in total. The van der Waals surface area contributed by atoms with Crippen LogP contribution in [0.3, 0.4) is 0 Å². The SMILES string of the molecule is COC(=O)c1ccc(S(=O)(=O)NCCCN2CCCC(C)C2)c(C)c1. The summed E-state index contributed by atoms with van der Waals surface area (Å²) in [6.45, 7) is 7.45. The van der Waals surface area contributed by atoms with E-state index in [-0.39, 0.29) is 4.90 Å². The maximum absolute atomic E-state index is 12.5. The van der Waals surface area contributed by atoms with Crippen molar-refractivity contribution in [2.24, 2.45) is 5.92 Å². The van der Waals surface area contributed by atoms with Gasteiger partial charge < -0.3 is 9.64 Å². The lowest BCUT2D eigenvalue weighted by atomic mass is 10.0. The van der Waals surface area contributed by atoms with E-state index >= 15 is 0 Å².